The van der Waals surface area contributed by atoms with E-state index >= 15 is 0 Å². The maximum atomic E-state index is 12.9. The third-order valence-electron chi connectivity index (χ3n) is 4.70. The Morgan fingerprint density at radius 2 is 1.90 bits per heavy atom. The summed E-state index contributed by atoms with van der Waals surface area (Å²) in [6.07, 6.45) is 2.36. The molecule has 8 heteroatoms. The standard InChI is InChI=1S/C23H27N3O3S2/c1-29-13-12-26(11-5-9-18-7-3-2-4-8-18)22(28)15-19-17-31-23(24-19)25-21(27)16-20-10-6-14-30-20/h2-4,6-8,10,14,17H,5,9,11-13,15-16H2,1H3,(H,24,25,27). The van der Waals surface area contributed by atoms with E-state index in [1.165, 1.54) is 16.9 Å². The summed E-state index contributed by atoms with van der Waals surface area (Å²) in [6, 6.07) is 14.1. The molecule has 6 nitrogen and oxygen atoms in total. The summed E-state index contributed by atoms with van der Waals surface area (Å²) in [6.45, 7) is 1.72. The van der Waals surface area contributed by atoms with E-state index < -0.39 is 0 Å². The van der Waals surface area contributed by atoms with Gasteiger partial charge in [0.2, 0.25) is 11.8 Å². The first kappa shape index (κ1) is 23.1. The quantitative estimate of drug-likeness (QED) is 0.446. The number of nitrogens with one attached hydrogen (secondary N) is 1. The Labute approximate surface area is 190 Å². The number of thiophene rings is 1. The van der Waals surface area contributed by atoms with Crippen LogP contribution in [0.3, 0.4) is 0 Å². The Morgan fingerprint density at radius 1 is 1.06 bits per heavy atom. The average Bonchev–Trinajstić information content (AvgIpc) is 3.43. The highest BCUT2D eigenvalue weighted by Crippen LogP contribution is 2.18. The van der Waals surface area contributed by atoms with Gasteiger partial charge in [0.15, 0.2) is 5.13 Å². The predicted octanol–water partition coefficient (Wildman–Crippen LogP) is 4.04. The van der Waals surface area contributed by atoms with Gasteiger partial charge in [-0.2, -0.15) is 0 Å². The summed E-state index contributed by atoms with van der Waals surface area (Å²) in [5.41, 5.74) is 1.94. The molecule has 1 aromatic carbocycles. The van der Waals surface area contributed by atoms with Gasteiger partial charge in [-0.15, -0.1) is 22.7 Å². The van der Waals surface area contributed by atoms with E-state index in [0.717, 1.165) is 17.7 Å². The van der Waals surface area contributed by atoms with Gasteiger partial charge in [0.25, 0.3) is 0 Å². The number of carbonyl (C=O) groups excluding carboxylic acids is 2. The molecule has 0 atom stereocenters. The second-order valence-electron chi connectivity index (χ2n) is 7.09. The van der Waals surface area contributed by atoms with Crippen LogP contribution in [-0.2, 0) is 33.6 Å². The minimum absolute atomic E-state index is 0.0203. The van der Waals surface area contributed by atoms with Gasteiger partial charge < -0.3 is 15.0 Å². The van der Waals surface area contributed by atoms with Crippen LogP contribution in [0.4, 0.5) is 5.13 Å². The van der Waals surface area contributed by atoms with Crippen molar-refractivity contribution in [3.63, 3.8) is 0 Å². The van der Waals surface area contributed by atoms with Crippen LogP contribution >= 0.6 is 22.7 Å². The number of ether oxygens (including phenoxy) is 1. The van der Waals surface area contributed by atoms with Gasteiger partial charge in [0.1, 0.15) is 0 Å². The zero-order chi connectivity index (χ0) is 21.9. The number of thiazole rings is 1. The van der Waals surface area contributed by atoms with Crippen LogP contribution in [0.1, 0.15) is 22.6 Å². The molecule has 0 saturated heterocycles. The van der Waals surface area contributed by atoms with Crippen molar-refractivity contribution in [2.75, 3.05) is 32.1 Å². The SMILES string of the molecule is COCCN(CCCc1ccccc1)C(=O)Cc1csc(NC(=O)Cc2cccs2)n1. The van der Waals surface area contributed by atoms with Crippen LogP contribution in [0.15, 0.2) is 53.2 Å². The van der Waals surface area contributed by atoms with E-state index in [9.17, 15) is 9.59 Å². The highest BCUT2D eigenvalue weighted by Gasteiger charge is 2.16. The molecule has 0 aliphatic carbocycles. The molecule has 0 radical (unpaired) electrons. The van der Waals surface area contributed by atoms with Crippen LogP contribution < -0.4 is 5.32 Å². The Hall–Kier alpha value is -2.55. The largest absolute Gasteiger partial charge is 0.383 e. The lowest BCUT2D eigenvalue weighted by Crippen LogP contribution is -2.36. The van der Waals surface area contributed by atoms with Crippen LogP contribution in [0, 0.1) is 0 Å². The first-order valence-corrected chi connectivity index (χ1v) is 12.0. The molecule has 0 bridgehead atoms. The molecule has 0 saturated carbocycles. The Morgan fingerprint density at radius 3 is 2.65 bits per heavy atom. The normalized spacial score (nSPS) is 10.7. The van der Waals surface area contributed by atoms with Crippen molar-refractivity contribution >= 4 is 39.6 Å². The Bertz CT molecular complexity index is 942. The third kappa shape index (κ3) is 7.90. The van der Waals surface area contributed by atoms with Gasteiger partial charge in [0.05, 0.1) is 25.1 Å². The van der Waals surface area contributed by atoms with Crippen LogP contribution in [0.5, 0.6) is 0 Å². The molecule has 0 unspecified atom stereocenters. The molecule has 2 heterocycles. The molecule has 0 aliphatic rings. The summed E-state index contributed by atoms with van der Waals surface area (Å²) in [5, 5.41) is 7.12. The summed E-state index contributed by atoms with van der Waals surface area (Å²) in [4.78, 5) is 32.3. The fourth-order valence-electron chi connectivity index (χ4n) is 3.13. The van der Waals surface area contributed by atoms with Crippen molar-refractivity contribution in [2.24, 2.45) is 0 Å². The number of hydrogen-bond donors (Lipinski definition) is 1. The Kier molecular flexibility index (Phi) is 9.20. The Balaban J connectivity index is 1.50. The number of nitrogens with zero attached hydrogens (tertiary/aromatic N) is 2. The first-order valence-electron chi connectivity index (χ1n) is 10.2. The van der Waals surface area contributed by atoms with Crippen molar-refractivity contribution in [3.8, 4) is 0 Å². The van der Waals surface area contributed by atoms with E-state index in [-0.39, 0.29) is 18.2 Å². The summed E-state index contributed by atoms with van der Waals surface area (Å²) in [5.74, 6) is -0.0795. The second kappa shape index (κ2) is 12.3. The first-order chi connectivity index (χ1) is 15.1. The highest BCUT2D eigenvalue weighted by molar-refractivity contribution is 7.14. The van der Waals surface area contributed by atoms with E-state index in [1.807, 2.05) is 46.0 Å². The molecule has 3 aromatic rings. The number of amides is 2. The predicted molar refractivity (Wildman–Crippen MR) is 126 cm³/mol. The van der Waals surface area contributed by atoms with Gasteiger partial charge in [0, 0.05) is 30.5 Å². The number of rotatable bonds is 12. The van der Waals surface area contributed by atoms with Gasteiger partial charge in [-0.3, -0.25) is 9.59 Å². The molecule has 2 aromatic heterocycles. The fraction of sp³-hybridized carbons (Fsp3) is 0.348. The number of benzene rings is 1. The van der Waals surface area contributed by atoms with Gasteiger partial charge in [-0.1, -0.05) is 36.4 Å². The lowest BCUT2D eigenvalue weighted by Gasteiger charge is -2.22. The number of aryl methyl sites for hydroxylation is 1. The molecule has 0 aliphatic heterocycles. The molecular weight excluding hydrogens is 430 g/mol. The number of aromatic nitrogens is 1. The van der Waals surface area contributed by atoms with Crippen LogP contribution in [-0.4, -0.2) is 48.5 Å². The number of hydrogen-bond acceptors (Lipinski definition) is 6. The zero-order valence-corrected chi connectivity index (χ0v) is 19.2. The molecule has 3 rings (SSSR count). The fourth-order valence-corrected chi connectivity index (χ4v) is 4.56. The molecule has 1 N–H and O–H groups in total. The van der Waals surface area contributed by atoms with E-state index in [1.54, 1.807) is 18.4 Å². The van der Waals surface area contributed by atoms with Crippen molar-refractivity contribution < 1.29 is 14.3 Å². The van der Waals surface area contributed by atoms with Gasteiger partial charge in [-0.05, 0) is 29.9 Å². The molecule has 2 amide bonds. The summed E-state index contributed by atoms with van der Waals surface area (Å²) < 4.78 is 5.17. The van der Waals surface area contributed by atoms with Crippen LogP contribution in [0.25, 0.3) is 0 Å². The van der Waals surface area contributed by atoms with E-state index in [4.69, 9.17) is 4.74 Å². The van der Waals surface area contributed by atoms with Crippen molar-refractivity contribution in [3.05, 3.63) is 69.4 Å². The number of methoxy groups -OCH3 is 1. The van der Waals surface area contributed by atoms with E-state index in [2.05, 4.69) is 22.4 Å². The maximum absolute atomic E-state index is 12.9. The minimum atomic E-state index is -0.0997. The molecule has 0 spiro atoms. The molecular formula is C23H27N3O3S2. The lowest BCUT2D eigenvalue weighted by molar-refractivity contribution is -0.131. The molecule has 0 fully saturated rings. The smallest absolute Gasteiger partial charge is 0.231 e. The van der Waals surface area contributed by atoms with Crippen molar-refractivity contribution in [1.82, 2.24) is 9.88 Å². The second-order valence-corrected chi connectivity index (χ2v) is 8.98. The topological polar surface area (TPSA) is 71.5 Å². The molecule has 31 heavy (non-hydrogen) atoms. The van der Waals surface area contributed by atoms with Crippen molar-refractivity contribution in [1.29, 1.82) is 0 Å². The average molecular weight is 458 g/mol. The number of carbonyl (C=O) groups is 2. The van der Waals surface area contributed by atoms with Gasteiger partial charge in [-0.25, -0.2) is 4.98 Å². The summed E-state index contributed by atoms with van der Waals surface area (Å²) in [7, 11) is 1.64. The van der Waals surface area contributed by atoms with Crippen LogP contribution in [0.2, 0.25) is 0 Å². The minimum Gasteiger partial charge on any atom is -0.383 e. The summed E-state index contributed by atoms with van der Waals surface area (Å²) >= 11 is 2.89. The molecule has 164 valence electrons. The monoisotopic (exact) mass is 457 g/mol. The van der Waals surface area contributed by atoms with Crippen molar-refractivity contribution in [2.45, 2.75) is 25.7 Å². The third-order valence-corrected chi connectivity index (χ3v) is 6.38. The van der Waals surface area contributed by atoms with E-state index in [0.29, 0.717) is 36.9 Å². The highest BCUT2D eigenvalue weighted by atomic mass is 32.1. The van der Waals surface area contributed by atoms with Gasteiger partial charge >= 0.3 is 0 Å². The maximum Gasteiger partial charge on any atom is 0.231 e. The zero-order valence-electron chi connectivity index (χ0n) is 17.6. The number of anilines is 1. The lowest BCUT2D eigenvalue weighted by atomic mass is 10.1.